The molecule has 0 unspecified atom stereocenters. The lowest BCUT2D eigenvalue weighted by Crippen LogP contribution is -2.32. The third-order valence-corrected chi connectivity index (χ3v) is 4.35. The van der Waals surface area contributed by atoms with E-state index in [9.17, 15) is 8.78 Å². The normalized spacial score (nSPS) is 17.7. The fourth-order valence-electron chi connectivity index (χ4n) is 3.17. The Balaban J connectivity index is 1.51. The van der Waals surface area contributed by atoms with Crippen LogP contribution in [-0.2, 0) is 6.54 Å². The van der Waals surface area contributed by atoms with E-state index in [1.165, 1.54) is 18.9 Å². The summed E-state index contributed by atoms with van der Waals surface area (Å²) in [5.74, 6) is 1.25. The Morgan fingerprint density at radius 2 is 2.31 bits per heavy atom. The topological polar surface area (TPSA) is 92.7 Å². The highest BCUT2D eigenvalue weighted by Gasteiger charge is 2.15. The largest absolute Gasteiger partial charge is 0.417 e. The third kappa shape index (κ3) is 3.74. The van der Waals surface area contributed by atoms with Crippen LogP contribution < -0.4 is 15.4 Å². The molecule has 0 saturated carbocycles. The molecule has 0 radical (unpaired) electrons. The molecule has 8 nitrogen and oxygen atoms in total. The average Bonchev–Trinajstić information content (AvgIpc) is 3.22. The molecular weight excluding hydrogens is 344 g/mol. The van der Waals surface area contributed by atoms with Gasteiger partial charge in [-0.3, -0.25) is 0 Å². The van der Waals surface area contributed by atoms with E-state index < -0.39 is 6.61 Å². The highest BCUT2D eigenvalue weighted by atomic mass is 19.3. The first kappa shape index (κ1) is 16.7. The fourth-order valence-corrected chi connectivity index (χ4v) is 3.17. The molecule has 4 heterocycles. The van der Waals surface area contributed by atoms with Crippen LogP contribution in [0.4, 0.5) is 20.4 Å². The standard InChI is InChI=1S/C16H19F2N7O/c17-16(18)26-14-6-12(23-24-14)21-13-8-20-11-3-5-25(15(11)22-13)9-10-2-1-4-19-7-10/h3,5-6,8,10,16,19H,1-2,4,7,9H2,(H2,21,22,23,24)/t10-/m0/s1. The zero-order valence-electron chi connectivity index (χ0n) is 14.0. The van der Waals surface area contributed by atoms with E-state index in [-0.39, 0.29) is 5.88 Å². The molecule has 1 aliphatic rings. The number of anilines is 2. The van der Waals surface area contributed by atoms with Gasteiger partial charge in [-0.05, 0) is 37.9 Å². The van der Waals surface area contributed by atoms with E-state index >= 15 is 0 Å². The Hall–Kier alpha value is -2.75. The summed E-state index contributed by atoms with van der Waals surface area (Å²) in [6.07, 6.45) is 5.95. The van der Waals surface area contributed by atoms with Crippen molar-refractivity contribution >= 4 is 22.8 Å². The van der Waals surface area contributed by atoms with Crippen molar-refractivity contribution in [3.05, 3.63) is 24.5 Å². The van der Waals surface area contributed by atoms with Gasteiger partial charge in [0.25, 0.3) is 0 Å². The molecule has 0 bridgehead atoms. The van der Waals surface area contributed by atoms with E-state index in [0.717, 1.165) is 30.8 Å². The van der Waals surface area contributed by atoms with Gasteiger partial charge in [0.2, 0.25) is 5.88 Å². The molecule has 3 N–H and O–H groups in total. The monoisotopic (exact) mass is 363 g/mol. The molecule has 0 spiro atoms. The summed E-state index contributed by atoms with van der Waals surface area (Å²) in [7, 11) is 0. The van der Waals surface area contributed by atoms with Crippen LogP contribution in [0.25, 0.3) is 11.2 Å². The maximum absolute atomic E-state index is 12.2. The molecule has 0 aliphatic carbocycles. The van der Waals surface area contributed by atoms with Crippen molar-refractivity contribution < 1.29 is 13.5 Å². The highest BCUT2D eigenvalue weighted by Crippen LogP contribution is 2.21. The summed E-state index contributed by atoms with van der Waals surface area (Å²) < 4.78 is 30.8. The number of aromatic nitrogens is 5. The van der Waals surface area contributed by atoms with Gasteiger partial charge in [0.15, 0.2) is 17.3 Å². The molecular formula is C16H19F2N7O. The second-order valence-electron chi connectivity index (χ2n) is 6.27. The van der Waals surface area contributed by atoms with Gasteiger partial charge < -0.3 is 19.9 Å². The molecule has 138 valence electrons. The first-order valence-electron chi connectivity index (χ1n) is 8.47. The second kappa shape index (κ2) is 7.24. The number of ether oxygens (including phenoxy) is 1. The summed E-state index contributed by atoms with van der Waals surface area (Å²) in [5.41, 5.74) is 1.59. The Morgan fingerprint density at radius 1 is 1.38 bits per heavy atom. The molecule has 1 fully saturated rings. The van der Waals surface area contributed by atoms with Crippen molar-refractivity contribution in [3.8, 4) is 5.88 Å². The van der Waals surface area contributed by atoms with Crippen LogP contribution in [0.15, 0.2) is 24.5 Å². The van der Waals surface area contributed by atoms with Gasteiger partial charge in [-0.2, -0.15) is 13.9 Å². The quantitative estimate of drug-likeness (QED) is 0.623. The van der Waals surface area contributed by atoms with Crippen LogP contribution in [-0.4, -0.2) is 44.4 Å². The Labute approximate surface area is 148 Å². The molecule has 1 saturated heterocycles. The van der Waals surface area contributed by atoms with Gasteiger partial charge in [0.05, 0.1) is 6.20 Å². The number of fused-ring (bicyclic) bond motifs is 1. The van der Waals surface area contributed by atoms with Gasteiger partial charge in [-0.1, -0.05) is 0 Å². The number of nitrogens with one attached hydrogen (secondary N) is 3. The van der Waals surface area contributed by atoms with Crippen molar-refractivity contribution in [1.82, 2.24) is 30.0 Å². The summed E-state index contributed by atoms with van der Waals surface area (Å²) in [5, 5.41) is 12.6. The zero-order chi connectivity index (χ0) is 17.9. The number of aromatic amines is 1. The number of rotatable bonds is 6. The molecule has 3 aromatic heterocycles. The van der Waals surface area contributed by atoms with Gasteiger partial charge in [-0.25, -0.2) is 15.1 Å². The number of halogens is 2. The predicted octanol–water partition coefficient (Wildman–Crippen LogP) is 2.50. The fraction of sp³-hybridized carbons (Fsp3) is 0.438. The number of piperidine rings is 1. The van der Waals surface area contributed by atoms with E-state index in [0.29, 0.717) is 17.6 Å². The number of hydrogen-bond donors (Lipinski definition) is 3. The number of hydrogen-bond acceptors (Lipinski definition) is 6. The van der Waals surface area contributed by atoms with Gasteiger partial charge in [0, 0.05) is 18.8 Å². The molecule has 0 aromatic carbocycles. The van der Waals surface area contributed by atoms with Gasteiger partial charge in [0.1, 0.15) is 5.52 Å². The third-order valence-electron chi connectivity index (χ3n) is 4.35. The van der Waals surface area contributed by atoms with Crippen LogP contribution in [0.3, 0.4) is 0 Å². The summed E-state index contributed by atoms with van der Waals surface area (Å²) in [6.45, 7) is 0.0591. The molecule has 3 aromatic rings. The molecule has 0 amide bonds. The summed E-state index contributed by atoms with van der Waals surface area (Å²) >= 11 is 0. The minimum absolute atomic E-state index is 0.121. The second-order valence-corrected chi connectivity index (χ2v) is 6.27. The predicted molar refractivity (Wildman–Crippen MR) is 91.6 cm³/mol. The Bertz CT molecular complexity index is 872. The smallest absolute Gasteiger partial charge is 0.388 e. The minimum atomic E-state index is -2.91. The van der Waals surface area contributed by atoms with Crippen molar-refractivity contribution in [3.63, 3.8) is 0 Å². The molecule has 10 heteroatoms. The maximum Gasteiger partial charge on any atom is 0.388 e. The number of nitrogens with zero attached hydrogens (tertiary/aromatic N) is 4. The zero-order valence-corrected chi connectivity index (χ0v) is 14.0. The summed E-state index contributed by atoms with van der Waals surface area (Å²) in [6, 6.07) is 3.27. The van der Waals surface area contributed by atoms with Crippen LogP contribution in [0.1, 0.15) is 12.8 Å². The van der Waals surface area contributed by atoms with Gasteiger partial charge in [-0.15, -0.1) is 0 Å². The highest BCUT2D eigenvalue weighted by molar-refractivity contribution is 5.73. The van der Waals surface area contributed by atoms with Crippen LogP contribution in [0.5, 0.6) is 5.88 Å². The van der Waals surface area contributed by atoms with Crippen molar-refractivity contribution in [2.75, 3.05) is 18.4 Å². The van der Waals surface area contributed by atoms with Crippen molar-refractivity contribution in [1.29, 1.82) is 0 Å². The van der Waals surface area contributed by atoms with Crippen molar-refractivity contribution in [2.45, 2.75) is 26.0 Å². The lowest BCUT2D eigenvalue weighted by atomic mass is 10.00. The van der Waals surface area contributed by atoms with E-state index in [2.05, 4.69) is 40.1 Å². The summed E-state index contributed by atoms with van der Waals surface area (Å²) in [4.78, 5) is 8.99. The van der Waals surface area contributed by atoms with E-state index in [1.54, 1.807) is 6.20 Å². The molecule has 26 heavy (non-hydrogen) atoms. The average molecular weight is 363 g/mol. The molecule has 1 atom stereocenters. The van der Waals surface area contributed by atoms with Crippen LogP contribution >= 0.6 is 0 Å². The Morgan fingerprint density at radius 3 is 3.12 bits per heavy atom. The SMILES string of the molecule is FC(F)Oc1cc(Nc2cnc3ccn(C[C@H]4CCCNC4)c3n2)n[nH]1. The number of alkyl halides is 2. The molecule has 1 aliphatic heterocycles. The first-order valence-corrected chi connectivity index (χ1v) is 8.47. The number of H-pyrrole nitrogens is 1. The molecule has 4 rings (SSSR count). The lowest BCUT2D eigenvalue weighted by Gasteiger charge is -2.23. The van der Waals surface area contributed by atoms with Crippen LogP contribution in [0.2, 0.25) is 0 Å². The minimum Gasteiger partial charge on any atom is -0.417 e. The lowest BCUT2D eigenvalue weighted by molar-refractivity contribution is -0.0528. The van der Waals surface area contributed by atoms with Crippen molar-refractivity contribution in [2.24, 2.45) is 5.92 Å². The van der Waals surface area contributed by atoms with Gasteiger partial charge >= 0.3 is 6.61 Å². The van der Waals surface area contributed by atoms with E-state index in [1.807, 2.05) is 12.3 Å². The first-order chi connectivity index (χ1) is 12.7. The van der Waals surface area contributed by atoms with Crippen LogP contribution in [0, 0.1) is 5.92 Å². The van der Waals surface area contributed by atoms with E-state index in [4.69, 9.17) is 0 Å². The maximum atomic E-state index is 12.2. The Kier molecular flexibility index (Phi) is 4.65.